The third-order valence-corrected chi connectivity index (χ3v) is 6.79. The van der Waals surface area contributed by atoms with Crippen LogP contribution in [0, 0.1) is 10.1 Å². The summed E-state index contributed by atoms with van der Waals surface area (Å²) in [6.07, 6.45) is 0.976. The molecule has 0 bridgehead atoms. The lowest BCUT2D eigenvalue weighted by molar-refractivity contribution is -0.384. The second-order valence-electron chi connectivity index (χ2n) is 8.41. The SMILES string of the molecule is C=CCOC(=O)N1C[C@@H](SC(C)=O)C[C@H]1C(=O)N1CC[C@H](NC(=O)OCc2ccc([N+](=O)[O-])cc2)C1. The lowest BCUT2D eigenvalue weighted by atomic mass is 10.2. The molecule has 1 N–H and O–H groups in total. The van der Waals surface area contributed by atoms with Gasteiger partial charge in [0.25, 0.3) is 5.69 Å². The van der Waals surface area contributed by atoms with Crippen molar-refractivity contribution in [1.29, 1.82) is 0 Å². The fourth-order valence-corrected chi connectivity index (χ4v) is 5.11. The van der Waals surface area contributed by atoms with E-state index in [1.165, 1.54) is 42.2 Å². The molecule has 0 unspecified atom stereocenters. The summed E-state index contributed by atoms with van der Waals surface area (Å²) in [7, 11) is 0. The smallest absolute Gasteiger partial charge is 0.410 e. The Labute approximate surface area is 212 Å². The summed E-state index contributed by atoms with van der Waals surface area (Å²) in [6.45, 7) is 5.78. The first kappa shape index (κ1) is 27.0. The number of carbonyl (C=O) groups is 4. The summed E-state index contributed by atoms with van der Waals surface area (Å²) in [6, 6.07) is 4.58. The summed E-state index contributed by atoms with van der Waals surface area (Å²) < 4.78 is 10.3. The van der Waals surface area contributed by atoms with Gasteiger partial charge in [-0.3, -0.25) is 24.6 Å². The van der Waals surface area contributed by atoms with Gasteiger partial charge in [-0.05, 0) is 30.5 Å². The van der Waals surface area contributed by atoms with Crippen molar-refractivity contribution >= 4 is 40.7 Å². The van der Waals surface area contributed by atoms with Crippen LogP contribution >= 0.6 is 11.8 Å². The van der Waals surface area contributed by atoms with E-state index in [1.807, 2.05) is 0 Å². The minimum absolute atomic E-state index is 0.0124. The number of nitro groups is 1. The third-order valence-electron chi connectivity index (χ3n) is 5.78. The lowest BCUT2D eigenvalue weighted by Crippen LogP contribution is -2.48. The van der Waals surface area contributed by atoms with E-state index in [0.717, 1.165) is 11.8 Å². The van der Waals surface area contributed by atoms with E-state index < -0.39 is 23.2 Å². The largest absolute Gasteiger partial charge is 0.445 e. The Morgan fingerprint density at radius 2 is 1.94 bits per heavy atom. The Morgan fingerprint density at radius 1 is 1.22 bits per heavy atom. The maximum atomic E-state index is 13.3. The summed E-state index contributed by atoms with van der Waals surface area (Å²) in [5, 5.41) is 13.1. The van der Waals surface area contributed by atoms with Crippen molar-refractivity contribution in [2.45, 2.75) is 43.7 Å². The summed E-state index contributed by atoms with van der Waals surface area (Å²) in [5.41, 5.74) is 0.543. The molecule has 194 valence electrons. The van der Waals surface area contributed by atoms with Gasteiger partial charge in [-0.15, -0.1) is 0 Å². The van der Waals surface area contributed by atoms with Crippen molar-refractivity contribution in [1.82, 2.24) is 15.1 Å². The van der Waals surface area contributed by atoms with Crippen molar-refractivity contribution in [2.75, 3.05) is 26.2 Å². The number of ether oxygens (including phenoxy) is 2. The molecule has 0 radical (unpaired) electrons. The molecule has 36 heavy (non-hydrogen) atoms. The number of nitro benzene ring substituents is 1. The average molecular weight is 521 g/mol. The number of benzene rings is 1. The maximum Gasteiger partial charge on any atom is 0.410 e. The van der Waals surface area contributed by atoms with E-state index in [9.17, 15) is 29.3 Å². The van der Waals surface area contributed by atoms with Crippen LogP contribution in [0.4, 0.5) is 15.3 Å². The van der Waals surface area contributed by atoms with E-state index in [2.05, 4.69) is 11.9 Å². The molecule has 2 saturated heterocycles. The van der Waals surface area contributed by atoms with Gasteiger partial charge in [0.05, 0.1) is 11.0 Å². The number of nitrogens with one attached hydrogen (secondary N) is 1. The molecular weight excluding hydrogens is 492 g/mol. The molecule has 2 aliphatic rings. The number of nitrogens with zero attached hydrogens (tertiary/aromatic N) is 3. The van der Waals surface area contributed by atoms with Crippen LogP contribution in [0.1, 0.15) is 25.3 Å². The zero-order chi connectivity index (χ0) is 26.2. The fraction of sp³-hybridized carbons (Fsp3) is 0.478. The molecule has 2 aliphatic heterocycles. The number of amides is 3. The zero-order valence-corrected chi connectivity index (χ0v) is 20.6. The van der Waals surface area contributed by atoms with Crippen LogP contribution in [0.15, 0.2) is 36.9 Å². The number of non-ortho nitro benzene ring substituents is 1. The van der Waals surface area contributed by atoms with Gasteiger partial charge in [-0.25, -0.2) is 9.59 Å². The van der Waals surface area contributed by atoms with Gasteiger partial charge >= 0.3 is 12.2 Å². The summed E-state index contributed by atoms with van der Waals surface area (Å²) in [4.78, 5) is 62.7. The number of thioether (sulfide) groups is 1. The van der Waals surface area contributed by atoms with Gasteiger partial charge < -0.3 is 19.7 Å². The number of likely N-dealkylation sites (tertiary alicyclic amines) is 2. The zero-order valence-electron chi connectivity index (χ0n) is 19.8. The van der Waals surface area contributed by atoms with Crippen LogP contribution in [-0.4, -0.2) is 81.5 Å². The van der Waals surface area contributed by atoms with Crippen LogP contribution in [0.3, 0.4) is 0 Å². The van der Waals surface area contributed by atoms with Crippen molar-refractivity contribution in [3.8, 4) is 0 Å². The minimum atomic E-state index is -0.757. The van der Waals surface area contributed by atoms with Gasteiger partial charge in [0.15, 0.2) is 5.12 Å². The van der Waals surface area contributed by atoms with Crippen LogP contribution in [0.2, 0.25) is 0 Å². The highest BCUT2D eigenvalue weighted by Crippen LogP contribution is 2.30. The van der Waals surface area contributed by atoms with E-state index in [0.29, 0.717) is 24.9 Å². The Balaban J connectivity index is 1.52. The molecule has 3 rings (SSSR count). The summed E-state index contributed by atoms with van der Waals surface area (Å²) in [5.74, 6) is -0.263. The first-order valence-electron chi connectivity index (χ1n) is 11.3. The highest BCUT2D eigenvalue weighted by molar-refractivity contribution is 8.14. The third kappa shape index (κ3) is 7.20. The normalized spacial score (nSPS) is 21.1. The molecule has 1 aromatic carbocycles. The molecule has 2 heterocycles. The van der Waals surface area contributed by atoms with Gasteiger partial charge in [0, 0.05) is 43.9 Å². The number of rotatable bonds is 8. The van der Waals surface area contributed by atoms with Gasteiger partial charge in [-0.2, -0.15) is 0 Å². The Bertz CT molecular complexity index is 1020. The van der Waals surface area contributed by atoms with Crippen molar-refractivity contribution in [2.24, 2.45) is 0 Å². The summed E-state index contributed by atoms with van der Waals surface area (Å²) >= 11 is 1.10. The van der Waals surface area contributed by atoms with Crippen LogP contribution in [0.25, 0.3) is 0 Å². The molecule has 0 spiro atoms. The highest BCUT2D eigenvalue weighted by Gasteiger charge is 2.44. The standard InChI is InChI=1S/C23H28N4O8S/c1-3-10-34-23(31)26-13-19(36-15(2)28)11-20(26)21(29)25-9-8-17(12-25)24-22(30)35-14-16-4-6-18(7-5-16)27(32)33/h3-7,17,19-20H,1,8-14H2,2H3,(H,24,30)/t17-,19-,20-/m0/s1. The molecule has 3 atom stereocenters. The maximum absolute atomic E-state index is 13.3. The Morgan fingerprint density at radius 3 is 2.58 bits per heavy atom. The van der Waals surface area contributed by atoms with Crippen molar-refractivity contribution in [3.05, 3.63) is 52.6 Å². The first-order valence-corrected chi connectivity index (χ1v) is 12.2. The van der Waals surface area contributed by atoms with Crippen molar-refractivity contribution in [3.63, 3.8) is 0 Å². The van der Waals surface area contributed by atoms with E-state index >= 15 is 0 Å². The minimum Gasteiger partial charge on any atom is -0.445 e. The molecule has 0 aliphatic carbocycles. The predicted molar refractivity (Wildman–Crippen MR) is 130 cm³/mol. The van der Waals surface area contributed by atoms with Gasteiger partial charge in [-0.1, -0.05) is 24.4 Å². The molecule has 0 aromatic heterocycles. The van der Waals surface area contributed by atoms with E-state index in [4.69, 9.17) is 9.47 Å². The molecule has 12 nitrogen and oxygen atoms in total. The predicted octanol–water partition coefficient (Wildman–Crippen LogP) is 2.47. The second kappa shape index (κ2) is 12.4. The quantitative estimate of drug-likeness (QED) is 0.310. The fourth-order valence-electron chi connectivity index (χ4n) is 4.13. The molecule has 13 heteroatoms. The second-order valence-corrected chi connectivity index (χ2v) is 9.89. The average Bonchev–Trinajstić information content (AvgIpc) is 3.48. The Kier molecular flexibility index (Phi) is 9.28. The van der Waals surface area contributed by atoms with Crippen LogP contribution in [0.5, 0.6) is 0 Å². The van der Waals surface area contributed by atoms with Crippen LogP contribution in [-0.2, 0) is 25.7 Å². The van der Waals surface area contributed by atoms with E-state index in [1.54, 1.807) is 4.90 Å². The molecular formula is C23H28N4O8S. The first-order chi connectivity index (χ1) is 17.2. The molecule has 3 amide bonds. The molecule has 1 aromatic rings. The van der Waals surface area contributed by atoms with Crippen molar-refractivity contribution < 1.29 is 33.6 Å². The number of carbonyl (C=O) groups excluding carboxylic acids is 4. The monoisotopic (exact) mass is 520 g/mol. The molecule has 2 fully saturated rings. The number of hydrogen-bond donors (Lipinski definition) is 1. The lowest BCUT2D eigenvalue weighted by Gasteiger charge is -2.27. The van der Waals surface area contributed by atoms with E-state index in [-0.39, 0.29) is 54.3 Å². The number of hydrogen-bond acceptors (Lipinski definition) is 9. The molecule has 0 saturated carbocycles. The highest BCUT2D eigenvalue weighted by atomic mass is 32.2. The van der Waals surface area contributed by atoms with Gasteiger partial charge in [0.2, 0.25) is 5.91 Å². The number of alkyl carbamates (subject to hydrolysis) is 1. The Hall–Kier alpha value is -3.61. The van der Waals surface area contributed by atoms with Crippen LogP contribution < -0.4 is 5.32 Å². The van der Waals surface area contributed by atoms with Gasteiger partial charge in [0.1, 0.15) is 19.3 Å². The topological polar surface area (TPSA) is 148 Å².